The molecule has 106 valence electrons. The number of aryl methyl sites for hydroxylation is 2. The van der Waals surface area contributed by atoms with E-state index in [1.54, 1.807) is 0 Å². The summed E-state index contributed by atoms with van der Waals surface area (Å²) in [6, 6.07) is 0.387. The first kappa shape index (κ1) is 14.5. The normalized spacial score (nSPS) is 16.4. The number of hydrogen-bond acceptors (Lipinski definition) is 3. The van der Waals surface area contributed by atoms with E-state index in [-0.39, 0.29) is 6.54 Å². The third-order valence-electron chi connectivity index (χ3n) is 3.79. The quantitative estimate of drug-likeness (QED) is 0.900. The van der Waals surface area contributed by atoms with Crippen LogP contribution in [0.2, 0.25) is 0 Å². The minimum absolute atomic E-state index is 0.0985. The van der Waals surface area contributed by atoms with E-state index in [9.17, 15) is 4.79 Å². The van der Waals surface area contributed by atoms with E-state index >= 15 is 0 Å². The van der Waals surface area contributed by atoms with Gasteiger partial charge in [-0.05, 0) is 35.7 Å². The van der Waals surface area contributed by atoms with Crippen LogP contribution in [0.1, 0.15) is 37.1 Å². The largest absolute Gasteiger partial charge is 0.480 e. The number of nitrogens with zero attached hydrogens (tertiary/aromatic N) is 3. The minimum atomic E-state index is -0.762. The van der Waals surface area contributed by atoms with Gasteiger partial charge in [-0.3, -0.25) is 14.4 Å². The van der Waals surface area contributed by atoms with Crippen LogP contribution in [0.5, 0.6) is 0 Å². The van der Waals surface area contributed by atoms with Crippen LogP contribution in [0.15, 0.2) is 4.47 Å². The second-order valence-corrected chi connectivity index (χ2v) is 6.00. The van der Waals surface area contributed by atoms with Gasteiger partial charge in [0.15, 0.2) is 0 Å². The molecular weight excluding hydrogens is 310 g/mol. The molecule has 2 rings (SSSR count). The molecule has 0 unspecified atom stereocenters. The molecule has 5 nitrogen and oxygen atoms in total. The number of carboxylic acids is 1. The third-order valence-corrected chi connectivity index (χ3v) is 4.83. The first-order valence-corrected chi connectivity index (χ1v) is 7.42. The lowest BCUT2D eigenvalue weighted by Crippen LogP contribution is -2.37. The molecule has 0 saturated heterocycles. The van der Waals surface area contributed by atoms with Gasteiger partial charge in [-0.25, -0.2) is 0 Å². The number of carboxylic acid groups (broad SMARTS) is 1. The molecule has 6 heteroatoms. The van der Waals surface area contributed by atoms with Crippen molar-refractivity contribution in [3.63, 3.8) is 0 Å². The van der Waals surface area contributed by atoms with E-state index in [2.05, 4.69) is 25.9 Å². The fraction of sp³-hybridized carbons (Fsp3) is 0.692. The van der Waals surface area contributed by atoms with Crippen LogP contribution in [-0.4, -0.2) is 38.3 Å². The molecule has 0 radical (unpaired) electrons. The van der Waals surface area contributed by atoms with Crippen molar-refractivity contribution in [3.8, 4) is 0 Å². The second-order valence-electron chi connectivity index (χ2n) is 5.21. The van der Waals surface area contributed by atoms with Crippen molar-refractivity contribution in [2.75, 3.05) is 6.54 Å². The molecule has 0 aromatic carbocycles. The van der Waals surface area contributed by atoms with Gasteiger partial charge in [0, 0.05) is 19.6 Å². The zero-order valence-electron chi connectivity index (χ0n) is 11.4. The van der Waals surface area contributed by atoms with E-state index in [0.29, 0.717) is 12.6 Å². The molecular formula is C13H20BrN3O2. The Kier molecular flexibility index (Phi) is 4.62. The lowest BCUT2D eigenvalue weighted by Gasteiger charge is -2.27. The number of halogens is 1. The van der Waals surface area contributed by atoms with Crippen LogP contribution in [0.3, 0.4) is 0 Å². The highest BCUT2D eigenvalue weighted by Crippen LogP contribution is 2.27. The summed E-state index contributed by atoms with van der Waals surface area (Å²) >= 11 is 3.55. The molecule has 19 heavy (non-hydrogen) atoms. The van der Waals surface area contributed by atoms with Crippen LogP contribution in [0.4, 0.5) is 0 Å². The Morgan fingerprint density at radius 3 is 2.63 bits per heavy atom. The van der Waals surface area contributed by atoms with E-state index in [0.717, 1.165) is 28.7 Å². The monoisotopic (exact) mass is 329 g/mol. The Morgan fingerprint density at radius 1 is 1.53 bits per heavy atom. The van der Waals surface area contributed by atoms with Gasteiger partial charge in [-0.1, -0.05) is 12.8 Å². The smallest absolute Gasteiger partial charge is 0.317 e. The predicted molar refractivity (Wildman–Crippen MR) is 75.9 cm³/mol. The molecule has 1 heterocycles. The Morgan fingerprint density at radius 2 is 2.16 bits per heavy atom. The van der Waals surface area contributed by atoms with Gasteiger partial charge in [-0.2, -0.15) is 5.10 Å². The van der Waals surface area contributed by atoms with Gasteiger partial charge >= 0.3 is 5.97 Å². The highest BCUT2D eigenvalue weighted by Gasteiger charge is 2.26. The lowest BCUT2D eigenvalue weighted by atomic mass is 10.2. The summed E-state index contributed by atoms with van der Waals surface area (Å²) in [6.07, 6.45) is 4.60. The Balaban J connectivity index is 2.16. The van der Waals surface area contributed by atoms with E-state index in [4.69, 9.17) is 5.11 Å². The summed E-state index contributed by atoms with van der Waals surface area (Å²) in [6.45, 7) is 2.68. The first-order chi connectivity index (χ1) is 8.99. The maximum atomic E-state index is 11.1. The summed E-state index contributed by atoms with van der Waals surface area (Å²) in [5.41, 5.74) is 1.99. The lowest BCUT2D eigenvalue weighted by molar-refractivity contribution is -0.139. The molecule has 1 aromatic rings. The van der Waals surface area contributed by atoms with Crippen molar-refractivity contribution in [3.05, 3.63) is 15.9 Å². The molecule has 0 bridgehead atoms. The summed E-state index contributed by atoms with van der Waals surface area (Å²) in [7, 11) is 1.90. The number of carbonyl (C=O) groups is 1. The van der Waals surface area contributed by atoms with Crippen molar-refractivity contribution in [1.82, 2.24) is 14.7 Å². The highest BCUT2D eigenvalue weighted by atomic mass is 79.9. The average Bonchev–Trinajstić information content (AvgIpc) is 2.92. The molecule has 1 aromatic heterocycles. The van der Waals surface area contributed by atoms with E-state index in [1.807, 2.05) is 18.7 Å². The van der Waals surface area contributed by atoms with Gasteiger partial charge < -0.3 is 5.11 Å². The number of aromatic nitrogens is 2. The van der Waals surface area contributed by atoms with Crippen LogP contribution in [-0.2, 0) is 18.4 Å². The average molecular weight is 330 g/mol. The van der Waals surface area contributed by atoms with Crippen LogP contribution in [0, 0.1) is 6.92 Å². The zero-order valence-corrected chi connectivity index (χ0v) is 13.0. The van der Waals surface area contributed by atoms with E-state index < -0.39 is 5.97 Å². The predicted octanol–water partition coefficient (Wildman–Crippen LogP) is 2.32. The Bertz CT molecular complexity index is 467. The zero-order chi connectivity index (χ0) is 14.0. The van der Waals surface area contributed by atoms with Crippen LogP contribution < -0.4 is 0 Å². The van der Waals surface area contributed by atoms with Crippen molar-refractivity contribution in [2.45, 2.75) is 45.2 Å². The second kappa shape index (κ2) is 6.05. The fourth-order valence-electron chi connectivity index (χ4n) is 2.80. The molecule has 0 amide bonds. The highest BCUT2D eigenvalue weighted by molar-refractivity contribution is 9.10. The first-order valence-electron chi connectivity index (χ1n) is 6.63. The van der Waals surface area contributed by atoms with Crippen LogP contribution >= 0.6 is 15.9 Å². The molecule has 1 fully saturated rings. The number of hydrogen-bond donors (Lipinski definition) is 1. The Labute approximate surface area is 121 Å². The number of rotatable bonds is 5. The molecule has 0 aliphatic heterocycles. The van der Waals surface area contributed by atoms with Gasteiger partial charge in [0.1, 0.15) is 0 Å². The molecule has 0 spiro atoms. The standard InChI is InChI=1S/C13H20BrN3O2/c1-9-13(14)11(16(2)15-9)7-17(8-12(18)19)10-5-3-4-6-10/h10H,3-8H2,1-2H3,(H,18,19). The third kappa shape index (κ3) is 3.36. The maximum absolute atomic E-state index is 11.1. The van der Waals surface area contributed by atoms with Gasteiger partial charge in [0.25, 0.3) is 0 Å². The SMILES string of the molecule is Cc1nn(C)c(CN(CC(=O)O)C2CCCC2)c1Br. The minimum Gasteiger partial charge on any atom is -0.480 e. The summed E-state index contributed by atoms with van der Waals surface area (Å²) < 4.78 is 2.83. The summed E-state index contributed by atoms with van der Waals surface area (Å²) in [5.74, 6) is -0.762. The van der Waals surface area contributed by atoms with Crippen molar-refractivity contribution in [2.24, 2.45) is 7.05 Å². The van der Waals surface area contributed by atoms with Gasteiger partial charge in [0.05, 0.1) is 22.4 Å². The van der Waals surface area contributed by atoms with Gasteiger partial charge in [0.2, 0.25) is 0 Å². The molecule has 1 N–H and O–H groups in total. The number of aliphatic carboxylic acids is 1. The Hall–Kier alpha value is -0.880. The van der Waals surface area contributed by atoms with Crippen molar-refractivity contribution < 1.29 is 9.90 Å². The van der Waals surface area contributed by atoms with Crippen molar-refractivity contribution in [1.29, 1.82) is 0 Å². The van der Waals surface area contributed by atoms with Crippen molar-refractivity contribution >= 4 is 21.9 Å². The molecule has 1 aliphatic rings. The van der Waals surface area contributed by atoms with Gasteiger partial charge in [-0.15, -0.1) is 0 Å². The molecule has 0 atom stereocenters. The fourth-order valence-corrected chi connectivity index (χ4v) is 3.26. The van der Waals surface area contributed by atoms with Crippen LogP contribution in [0.25, 0.3) is 0 Å². The maximum Gasteiger partial charge on any atom is 0.317 e. The molecule has 1 saturated carbocycles. The summed E-state index contributed by atoms with van der Waals surface area (Å²) in [4.78, 5) is 13.1. The molecule has 1 aliphatic carbocycles. The summed E-state index contributed by atoms with van der Waals surface area (Å²) in [5, 5.41) is 13.5. The topological polar surface area (TPSA) is 58.4 Å². The van der Waals surface area contributed by atoms with E-state index in [1.165, 1.54) is 12.8 Å².